The Morgan fingerprint density at radius 1 is 0.806 bits per heavy atom. The van der Waals surface area contributed by atoms with Crippen LogP contribution in [0.25, 0.3) is 22.3 Å². The van der Waals surface area contributed by atoms with Gasteiger partial charge in [0.2, 0.25) is 0 Å². The van der Waals surface area contributed by atoms with Gasteiger partial charge >= 0.3 is 0 Å². The van der Waals surface area contributed by atoms with E-state index < -0.39 is 17.7 Å². The van der Waals surface area contributed by atoms with E-state index in [4.69, 9.17) is 4.74 Å². The van der Waals surface area contributed by atoms with Gasteiger partial charge in [0.05, 0.1) is 6.10 Å². The van der Waals surface area contributed by atoms with E-state index in [2.05, 4.69) is 6.58 Å². The fourth-order valence-corrected chi connectivity index (χ4v) is 4.04. The second-order valence-corrected chi connectivity index (χ2v) is 8.64. The van der Waals surface area contributed by atoms with E-state index in [-0.39, 0.29) is 16.9 Å². The van der Waals surface area contributed by atoms with Gasteiger partial charge in [-0.15, -0.1) is 0 Å². The monoisotopic (exact) mass is 488 g/mol. The predicted molar refractivity (Wildman–Crippen MR) is 137 cm³/mol. The second kappa shape index (κ2) is 11.3. The molecule has 0 amide bonds. The summed E-state index contributed by atoms with van der Waals surface area (Å²) in [6.45, 7) is 5.53. The van der Waals surface area contributed by atoms with Crippen molar-refractivity contribution in [2.75, 3.05) is 6.61 Å². The molecule has 5 heteroatoms. The molecule has 0 aliphatic rings. The highest BCUT2D eigenvalue weighted by Gasteiger charge is 2.16. The average molecular weight is 489 g/mol. The van der Waals surface area contributed by atoms with Gasteiger partial charge in [-0.1, -0.05) is 79.4 Å². The van der Waals surface area contributed by atoms with Crippen LogP contribution in [0.15, 0.2) is 91.5 Å². The SMILES string of the molecule is C=CCOc1ccc(CCc2ccc(-c3ccc(-c4ccc(C(C)O)cc4)c(F)c3F)cc2)c(F)c1. The fourth-order valence-electron chi connectivity index (χ4n) is 4.04. The number of benzene rings is 4. The zero-order valence-corrected chi connectivity index (χ0v) is 20.0. The highest BCUT2D eigenvalue weighted by Crippen LogP contribution is 2.32. The summed E-state index contributed by atoms with van der Waals surface area (Å²) in [6.07, 6.45) is 2.07. The minimum absolute atomic E-state index is 0.160. The molecule has 184 valence electrons. The van der Waals surface area contributed by atoms with Crippen LogP contribution in [-0.4, -0.2) is 11.7 Å². The summed E-state index contributed by atoms with van der Waals surface area (Å²) in [4.78, 5) is 0. The van der Waals surface area contributed by atoms with Crippen molar-refractivity contribution in [3.05, 3.63) is 126 Å². The molecule has 0 heterocycles. The quantitative estimate of drug-likeness (QED) is 0.243. The Morgan fingerprint density at radius 2 is 1.39 bits per heavy atom. The number of aliphatic hydroxyl groups is 1. The molecule has 0 saturated heterocycles. The molecule has 2 nitrogen and oxygen atoms in total. The van der Waals surface area contributed by atoms with Crippen molar-refractivity contribution in [3.8, 4) is 28.0 Å². The molecular weight excluding hydrogens is 461 g/mol. The lowest BCUT2D eigenvalue weighted by atomic mass is 9.96. The van der Waals surface area contributed by atoms with E-state index in [0.717, 1.165) is 5.56 Å². The first-order valence-electron chi connectivity index (χ1n) is 11.7. The molecule has 0 aliphatic heterocycles. The molecule has 0 aliphatic carbocycles. The molecule has 4 aromatic carbocycles. The van der Waals surface area contributed by atoms with E-state index in [1.165, 1.54) is 6.07 Å². The van der Waals surface area contributed by atoms with E-state index in [9.17, 15) is 18.3 Å². The summed E-state index contributed by atoms with van der Waals surface area (Å²) in [7, 11) is 0. The van der Waals surface area contributed by atoms with Crippen molar-refractivity contribution in [1.82, 2.24) is 0 Å². The van der Waals surface area contributed by atoms with Crippen LogP contribution < -0.4 is 4.74 Å². The first-order valence-corrected chi connectivity index (χ1v) is 11.7. The summed E-state index contributed by atoms with van der Waals surface area (Å²) in [5.74, 6) is -1.71. The zero-order valence-electron chi connectivity index (χ0n) is 20.0. The van der Waals surface area contributed by atoms with Crippen LogP contribution in [0.2, 0.25) is 0 Å². The molecule has 4 aromatic rings. The van der Waals surface area contributed by atoms with Gasteiger partial charge in [-0.25, -0.2) is 13.2 Å². The molecule has 1 atom stereocenters. The largest absolute Gasteiger partial charge is 0.489 e. The Labute approximate surface area is 209 Å². The summed E-state index contributed by atoms with van der Waals surface area (Å²) in [5, 5.41) is 9.65. The number of halogens is 3. The number of aliphatic hydroxyl groups excluding tert-OH is 1. The molecule has 0 aromatic heterocycles. The fraction of sp³-hybridized carbons (Fsp3) is 0.161. The van der Waals surface area contributed by atoms with Crippen molar-refractivity contribution in [3.63, 3.8) is 0 Å². The lowest BCUT2D eigenvalue weighted by Crippen LogP contribution is -1.98. The van der Waals surface area contributed by atoms with E-state index in [1.54, 1.807) is 73.7 Å². The molecular formula is C31H27F3O2. The third-order valence-electron chi connectivity index (χ3n) is 6.13. The molecule has 4 rings (SSSR count). The standard InChI is InChI=1S/C31H27F3O2/c1-3-18-36-26-15-14-25(29(32)19-26)9-6-21-4-7-23(8-5-21)27-16-17-28(31(34)30(27)33)24-12-10-22(11-13-24)20(2)35/h3-5,7-8,10-17,19-20,35H,1,6,9,18H2,2H3. The van der Waals surface area contributed by atoms with E-state index >= 15 is 0 Å². The minimum Gasteiger partial charge on any atom is -0.489 e. The van der Waals surface area contributed by atoms with Crippen molar-refractivity contribution in [2.45, 2.75) is 25.9 Å². The smallest absolute Gasteiger partial charge is 0.167 e. The van der Waals surface area contributed by atoms with Gasteiger partial charge in [-0.2, -0.15) is 0 Å². The Hall–Kier alpha value is -3.83. The Balaban J connectivity index is 1.46. The first-order chi connectivity index (χ1) is 17.4. The van der Waals surface area contributed by atoms with Crippen molar-refractivity contribution >= 4 is 0 Å². The second-order valence-electron chi connectivity index (χ2n) is 8.64. The van der Waals surface area contributed by atoms with Crippen LogP contribution in [0.5, 0.6) is 5.75 Å². The minimum atomic E-state index is -0.919. The van der Waals surface area contributed by atoms with Gasteiger partial charge in [-0.05, 0) is 53.6 Å². The van der Waals surface area contributed by atoms with Crippen LogP contribution in [0.3, 0.4) is 0 Å². The van der Waals surface area contributed by atoms with Gasteiger partial charge < -0.3 is 9.84 Å². The van der Waals surface area contributed by atoms with Crippen molar-refractivity contribution in [1.29, 1.82) is 0 Å². The zero-order chi connectivity index (χ0) is 25.7. The molecule has 1 N–H and O–H groups in total. The molecule has 0 bridgehead atoms. The Morgan fingerprint density at radius 3 is 1.92 bits per heavy atom. The van der Waals surface area contributed by atoms with Crippen molar-refractivity contribution < 1.29 is 23.0 Å². The van der Waals surface area contributed by atoms with Crippen LogP contribution >= 0.6 is 0 Å². The van der Waals surface area contributed by atoms with Crippen LogP contribution in [0.4, 0.5) is 13.2 Å². The average Bonchev–Trinajstić information content (AvgIpc) is 2.89. The lowest BCUT2D eigenvalue weighted by molar-refractivity contribution is 0.199. The van der Waals surface area contributed by atoms with Gasteiger partial charge in [0.1, 0.15) is 18.2 Å². The molecule has 0 radical (unpaired) electrons. The first kappa shape index (κ1) is 25.3. The molecule has 0 spiro atoms. The van der Waals surface area contributed by atoms with Gasteiger partial charge in [-0.3, -0.25) is 0 Å². The Kier molecular flexibility index (Phi) is 7.91. The summed E-state index contributed by atoms with van der Waals surface area (Å²) >= 11 is 0. The molecule has 0 fully saturated rings. The third-order valence-corrected chi connectivity index (χ3v) is 6.13. The lowest BCUT2D eigenvalue weighted by Gasteiger charge is -2.11. The van der Waals surface area contributed by atoms with Crippen LogP contribution in [0, 0.1) is 17.5 Å². The van der Waals surface area contributed by atoms with E-state index in [0.29, 0.717) is 47.5 Å². The number of hydrogen-bond donors (Lipinski definition) is 1. The topological polar surface area (TPSA) is 29.5 Å². The van der Waals surface area contributed by atoms with Crippen LogP contribution in [0.1, 0.15) is 29.7 Å². The summed E-state index contributed by atoms with van der Waals surface area (Å²) in [5.41, 5.74) is 3.66. The third kappa shape index (κ3) is 5.69. The van der Waals surface area contributed by atoms with Crippen LogP contribution in [-0.2, 0) is 12.8 Å². The number of ether oxygens (including phenoxy) is 1. The predicted octanol–water partition coefficient (Wildman–Crippen LogP) is 7.84. The van der Waals surface area contributed by atoms with E-state index in [1.807, 2.05) is 12.1 Å². The normalized spacial score (nSPS) is 11.8. The number of rotatable bonds is 9. The number of hydrogen-bond acceptors (Lipinski definition) is 2. The van der Waals surface area contributed by atoms with Crippen molar-refractivity contribution in [2.24, 2.45) is 0 Å². The highest BCUT2D eigenvalue weighted by atomic mass is 19.2. The highest BCUT2D eigenvalue weighted by molar-refractivity contribution is 5.72. The van der Waals surface area contributed by atoms with Gasteiger partial charge in [0.25, 0.3) is 0 Å². The maximum Gasteiger partial charge on any atom is 0.167 e. The summed E-state index contributed by atoms with van der Waals surface area (Å²) < 4.78 is 49.6. The Bertz CT molecular complexity index is 1340. The van der Waals surface area contributed by atoms with Gasteiger partial charge in [0.15, 0.2) is 11.6 Å². The summed E-state index contributed by atoms with van der Waals surface area (Å²) in [6, 6.07) is 21.8. The maximum absolute atomic E-state index is 15.0. The molecule has 36 heavy (non-hydrogen) atoms. The van der Waals surface area contributed by atoms with Gasteiger partial charge in [0, 0.05) is 17.2 Å². The molecule has 1 unspecified atom stereocenters. The maximum atomic E-state index is 15.0. The number of aryl methyl sites for hydroxylation is 2. The molecule has 0 saturated carbocycles.